The van der Waals surface area contributed by atoms with E-state index in [2.05, 4.69) is 10.1 Å². The van der Waals surface area contributed by atoms with Gasteiger partial charge < -0.3 is 10.0 Å². The highest BCUT2D eigenvalue weighted by Gasteiger charge is 2.21. The molecule has 0 saturated heterocycles. The SMILES string of the molecule is Cc1c(C(=O)N(C)C(C)CO)cnn1-c1ccccn1. The van der Waals surface area contributed by atoms with E-state index in [0.717, 1.165) is 5.69 Å². The summed E-state index contributed by atoms with van der Waals surface area (Å²) in [6.07, 6.45) is 3.21. The number of carbonyl (C=O) groups is 1. The van der Waals surface area contributed by atoms with E-state index in [9.17, 15) is 4.79 Å². The van der Waals surface area contributed by atoms with Gasteiger partial charge in [-0.1, -0.05) is 6.07 Å². The Kier molecular flexibility index (Phi) is 4.14. The van der Waals surface area contributed by atoms with Crippen LogP contribution in [0.5, 0.6) is 0 Å². The van der Waals surface area contributed by atoms with E-state index in [0.29, 0.717) is 11.4 Å². The zero-order chi connectivity index (χ0) is 14.7. The number of carbonyl (C=O) groups excluding carboxylic acids is 1. The number of nitrogens with zero attached hydrogens (tertiary/aromatic N) is 4. The van der Waals surface area contributed by atoms with Crippen LogP contribution in [-0.4, -0.2) is 50.4 Å². The topological polar surface area (TPSA) is 71.2 Å². The molecule has 0 aromatic carbocycles. The predicted octanol–water partition coefficient (Wildman–Crippen LogP) is 1.03. The summed E-state index contributed by atoms with van der Waals surface area (Å²) < 4.78 is 1.63. The van der Waals surface area contributed by atoms with Crippen LogP contribution in [0, 0.1) is 6.92 Å². The van der Waals surface area contributed by atoms with E-state index >= 15 is 0 Å². The first-order chi connectivity index (χ1) is 9.56. The Bertz CT molecular complexity index is 594. The lowest BCUT2D eigenvalue weighted by atomic mass is 10.2. The molecule has 0 bridgehead atoms. The Morgan fingerprint density at radius 3 is 2.85 bits per heavy atom. The summed E-state index contributed by atoms with van der Waals surface area (Å²) in [5.74, 6) is 0.508. The molecule has 2 aromatic heterocycles. The van der Waals surface area contributed by atoms with Crippen LogP contribution in [0.4, 0.5) is 0 Å². The Hall–Kier alpha value is -2.21. The third-order valence-corrected chi connectivity index (χ3v) is 3.35. The number of hydrogen-bond donors (Lipinski definition) is 1. The minimum absolute atomic E-state index is 0.0737. The molecular weight excluding hydrogens is 256 g/mol. The summed E-state index contributed by atoms with van der Waals surface area (Å²) in [5.41, 5.74) is 1.24. The number of likely N-dealkylation sites (N-methyl/N-ethyl adjacent to an activating group) is 1. The number of aliphatic hydroxyl groups excluding tert-OH is 1. The summed E-state index contributed by atoms with van der Waals surface area (Å²) in [6.45, 7) is 3.54. The van der Waals surface area contributed by atoms with Gasteiger partial charge >= 0.3 is 0 Å². The molecule has 6 heteroatoms. The number of amides is 1. The molecule has 1 atom stereocenters. The molecule has 2 aromatic rings. The van der Waals surface area contributed by atoms with E-state index in [1.807, 2.05) is 25.1 Å². The molecule has 0 fully saturated rings. The number of rotatable bonds is 4. The van der Waals surface area contributed by atoms with Crippen LogP contribution < -0.4 is 0 Å². The first-order valence-electron chi connectivity index (χ1n) is 6.40. The fourth-order valence-electron chi connectivity index (χ4n) is 1.84. The van der Waals surface area contributed by atoms with Crippen LogP contribution in [0.3, 0.4) is 0 Å². The lowest BCUT2D eigenvalue weighted by molar-refractivity contribution is 0.0681. The van der Waals surface area contributed by atoms with Crippen LogP contribution in [0.2, 0.25) is 0 Å². The van der Waals surface area contributed by atoms with E-state index in [1.54, 1.807) is 24.9 Å². The van der Waals surface area contributed by atoms with Crippen molar-refractivity contribution in [3.05, 3.63) is 41.9 Å². The zero-order valence-corrected chi connectivity index (χ0v) is 11.8. The lowest BCUT2D eigenvalue weighted by Crippen LogP contribution is -2.37. The van der Waals surface area contributed by atoms with Gasteiger partial charge in [0.1, 0.15) is 0 Å². The van der Waals surface area contributed by atoms with Gasteiger partial charge in [0.25, 0.3) is 5.91 Å². The molecule has 0 spiro atoms. The van der Waals surface area contributed by atoms with Crippen molar-refractivity contribution in [2.75, 3.05) is 13.7 Å². The fourth-order valence-corrected chi connectivity index (χ4v) is 1.84. The third kappa shape index (κ3) is 2.55. The molecule has 20 heavy (non-hydrogen) atoms. The first kappa shape index (κ1) is 14.2. The second-order valence-electron chi connectivity index (χ2n) is 4.69. The number of hydrogen-bond acceptors (Lipinski definition) is 4. The first-order valence-corrected chi connectivity index (χ1v) is 6.40. The second kappa shape index (κ2) is 5.83. The summed E-state index contributed by atoms with van der Waals surface area (Å²) in [6, 6.07) is 5.28. The molecule has 1 N–H and O–H groups in total. The van der Waals surface area contributed by atoms with Crippen LogP contribution >= 0.6 is 0 Å². The molecule has 0 aliphatic rings. The molecular formula is C14H18N4O2. The van der Waals surface area contributed by atoms with Crippen molar-refractivity contribution in [2.24, 2.45) is 0 Å². The van der Waals surface area contributed by atoms with E-state index in [1.165, 1.54) is 11.1 Å². The lowest BCUT2D eigenvalue weighted by Gasteiger charge is -2.22. The maximum Gasteiger partial charge on any atom is 0.257 e. The van der Waals surface area contributed by atoms with Gasteiger partial charge in [0.15, 0.2) is 5.82 Å². The minimum atomic E-state index is -0.236. The van der Waals surface area contributed by atoms with Crippen LogP contribution in [0.15, 0.2) is 30.6 Å². The highest BCUT2D eigenvalue weighted by molar-refractivity contribution is 5.95. The van der Waals surface area contributed by atoms with Crippen molar-refractivity contribution in [1.82, 2.24) is 19.7 Å². The number of aliphatic hydroxyl groups is 1. The van der Waals surface area contributed by atoms with Crippen molar-refractivity contribution in [3.8, 4) is 5.82 Å². The van der Waals surface area contributed by atoms with Crippen LogP contribution in [0.1, 0.15) is 23.0 Å². The summed E-state index contributed by atoms with van der Waals surface area (Å²) in [5, 5.41) is 13.3. The molecule has 106 valence electrons. The maximum absolute atomic E-state index is 12.4. The van der Waals surface area contributed by atoms with E-state index < -0.39 is 0 Å². The monoisotopic (exact) mass is 274 g/mol. The molecule has 0 radical (unpaired) electrons. The maximum atomic E-state index is 12.4. The highest BCUT2D eigenvalue weighted by atomic mass is 16.3. The van der Waals surface area contributed by atoms with Crippen LogP contribution in [-0.2, 0) is 0 Å². The summed E-state index contributed by atoms with van der Waals surface area (Å²) in [7, 11) is 1.67. The highest BCUT2D eigenvalue weighted by Crippen LogP contribution is 2.14. The van der Waals surface area contributed by atoms with Gasteiger partial charge in [0.05, 0.1) is 30.1 Å². The third-order valence-electron chi connectivity index (χ3n) is 3.35. The van der Waals surface area contributed by atoms with Crippen LogP contribution in [0.25, 0.3) is 5.82 Å². The largest absolute Gasteiger partial charge is 0.394 e. The van der Waals surface area contributed by atoms with Gasteiger partial charge in [-0.05, 0) is 26.0 Å². The van der Waals surface area contributed by atoms with Gasteiger partial charge in [-0.3, -0.25) is 4.79 Å². The minimum Gasteiger partial charge on any atom is -0.394 e. The smallest absolute Gasteiger partial charge is 0.257 e. The average molecular weight is 274 g/mol. The van der Waals surface area contributed by atoms with Gasteiger partial charge in [-0.2, -0.15) is 5.10 Å². The van der Waals surface area contributed by atoms with Crippen molar-refractivity contribution in [1.29, 1.82) is 0 Å². The predicted molar refractivity (Wildman–Crippen MR) is 74.7 cm³/mol. The number of pyridine rings is 1. The fraction of sp³-hybridized carbons (Fsp3) is 0.357. The number of aromatic nitrogens is 3. The van der Waals surface area contributed by atoms with Gasteiger partial charge in [-0.25, -0.2) is 9.67 Å². The molecule has 1 unspecified atom stereocenters. The molecule has 6 nitrogen and oxygen atoms in total. The van der Waals surface area contributed by atoms with Crippen molar-refractivity contribution in [3.63, 3.8) is 0 Å². The Balaban J connectivity index is 2.32. The van der Waals surface area contributed by atoms with E-state index in [-0.39, 0.29) is 18.6 Å². The average Bonchev–Trinajstić information content (AvgIpc) is 2.87. The molecule has 0 aliphatic heterocycles. The molecule has 1 amide bonds. The molecule has 2 rings (SSSR count). The summed E-state index contributed by atoms with van der Waals surface area (Å²) >= 11 is 0. The van der Waals surface area contributed by atoms with Crippen molar-refractivity contribution in [2.45, 2.75) is 19.9 Å². The second-order valence-corrected chi connectivity index (χ2v) is 4.69. The molecule has 0 saturated carbocycles. The normalized spacial score (nSPS) is 12.2. The van der Waals surface area contributed by atoms with Gasteiger partial charge in [-0.15, -0.1) is 0 Å². The molecule has 0 aliphatic carbocycles. The van der Waals surface area contributed by atoms with E-state index in [4.69, 9.17) is 5.11 Å². The van der Waals surface area contributed by atoms with Crippen molar-refractivity contribution >= 4 is 5.91 Å². The van der Waals surface area contributed by atoms with Gasteiger partial charge in [0, 0.05) is 13.2 Å². The Morgan fingerprint density at radius 1 is 1.50 bits per heavy atom. The standard InChI is InChI=1S/C14H18N4O2/c1-10(9-19)17(3)14(20)12-8-16-18(11(12)2)13-6-4-5-7-15-13/h4-8,10,19H,9H2,1-3H3. The Morgan fingerprint density at radius 2 is 2.25 bits per heavy atom. The summed E-state index contributed by atoms with van der Waals surface area (Å²) in [4.78, 5) is 18.1. The van der Waals surface area contributed by atoms with Crippen molar-refractivity contribution < 1.29 is 9.90 Å². The Labute approximate surface area is 117 Å². The zero-order valence-electron chi connectivity index (χ0n) is 11.8. The molecule has 2 heterocycles. The van der Waals surface area contributed by atoms with Gasteiger partial charge in [0.2, 0.25) is 0 Å². The quantitative estimate of drug-likeness (QED) is 0.904.